The number of nitrogens with zero attached hydrogens (tertiary/aromatic N) is 1. The van der Waals surface area contributed by atoms with Crippen molar-refractivity contribution in [2.75, 3.05) is 0 Å². The minimum atomic E-state index is -0.841. The molecule has 0 radical (unpaired) electrons. The molecule has 0 saturated carbocycles. The number of carboxylic acids is 1. The lowest BCUT2D eigenvalue weighted by molar-refractivity contribution is -0.136. The fourth-order valence-corrected chi connectivity index (χ4v) is 2.86. The minimum Gasteiger partial charge on any atom is -0.486 e. The van der Waals surface area contributed by atoms with E-state index in [1.807, 2.05) is 13.0 Å². The predicted octanol–water partition coefficient (Wildman–Crippen LogP) is 3.78. The van der Waals surface area contributed by atoms with Gasteiger partial charge in [0, 0.05) is 11.1 Å². The van der Waals surface area contributed by atoms with Gasteiger partial charge in [-0.15, -0.1) is 11.3 Å². The maximum atomic E-state index is 10.7. The third-order valence-electron chi connectivity index (χ3n) is 3.07. The lowest BCUT2D eigenvalue weighted by atomic mass is 10.0. The largest absolute Gasteiger partial charge is 0.486 e. The molecule has 0 fully saturated rings. The molecule has 1 N–H and O–H groups in total. The number of hydrogen-bond donors (Lipinski definition) is 1. The molecule has 112 valence electrons. The highest BCUT2D eigenvalue weighted by atomic mass is 32.1. The summed E-state index contributed by atoms with van der Waals surface area (Å²) < 4.78 is 5.88. The molecule has 21 heavy (non-hydrogen) atoms. The summed E-state index contributed by atoms with van der Waals surface area (Å²) in [4.78, 5) is 15.6. The number of aliphatic carboxylic acids is 1. The van der Waals surface area contributed by atoms with Gasteiger partial charge in [0.2, 0.25) is 0 Å². The van der Waals surface area contributed by atoms with E-state index in [-0.39, 0.29) is 6.42 Å². The summed E-state index contributed by atoms with van der Waals surface area (Å²) in [5.41, 5.74) is 2.32. The van der Waals surface area contributed by atoms with Crippen molar-refractivity contribution in [1.29, 1.82) is 0 Å². The number of carboxylic acid groups (broad SMARTS) is 1. The van der Waals surface area contributed by atoms with Crippen LogP contribution in [0.3, 0.4) is 0 Å². The molecule has 0 amide bonds. The van der Waals surface area contributed by atoms with Gasteiger partial charge in [0.25, 0.3) is 0 Å². The number of thiazole rings is 1. The fourth-order valence-electron chi connectivity index (χ4n) is 2.03. The molecular weight excluding hydrogens is 286 g/mol. The topological polar surface area (TPSA) is 59.4 Å². The van der Waals surface area contributed by atoms with Crippen LogP contribution in [0.1, 0.15) is 40.8 Å². The molecule has 0 spiro atoms. The highest BCUT2D eigenvalue weighted by molar-refractivity contribution is 7.11. The Balaban J connectivity index is 2.07. The van der Waals surface area contributed by atoms with E-state index in [4.69, 9.17) is 9.84 Å². The number of ether oxygens (including phenoxy) is 1. The SMILES string of the molecule is Cc1ccc(C(C)C)c(OCc2ncc(CC(=O)O)s2)c1. The summed E-state index contributed by atoms with van der Waals surface area (Å²) in [7, 11) is 0. The van der Waals surface area contributed by atoms with Crippen LogP contribution < -0.4 is 4.74 Å². The van der Waals surface area contributed by atoms with Gasteiger partial charge in [-0.25, -0.2) is 4.98 Å². The van der Waals surface area contributed by atoms with Gasteiger partial charge in [0.05, 0.1) is 6.42 Å². The van der Waals surface area contributed by atoms with Crippen molar-refractivity contribution in [3.8, 4) is 5.75 Å². The number of aryl methyl sites for hydroxylation is 1. The van der Waals surface area contributed by atoms with E-state index >= 15 is 0 Å². The van der Waals surface area contributed by atoms with Crippen molar-refractivity contribution in [1.82, 2.24) is 4.98 Å². The molecule has 0 aliphatic rings. The number of aromatic nitrogens is 1. The van der Waals surface area contributed by atoms with E-state index in [2.05, 4.69) is 31.0 Å². The molecule has 0 unspecified atom stereocenters. The molecule has 0 aliphatic carbocycles. The average Bonchev–Trinajstić information content (AvgIpc) is 2.82. The molecule has 2 rings (SSSR count). The first-order valence-corrected chi connectivity index (χ1v) is 7.66. The van der Waals surface area contributed by atoms with E-state index in [0.717, 1.165) is 21.2 Å². The molecule has 1 heterocycles. The van der Waals surface area contributed by atoms with Crippen LogP contribution in [0.15, 0.2) is 24.4 Å². The summed E-state index contributed by atoms with van der Waals surface area (Å²) in [6.07, 6.45) is 1.62. The standard InChI is InChI=1S/C16H19NO3S/c1-10(2)13-5-4-11(3)6-14(13)20-9-15-17-8-12(21-15)7-16(18)19/h4-6,8,10H,7,9H2,1-3H3,(H,18,19). The van der Waals surface area contributed by atoms with Crippen molar-refractivity contribution < 1.29 is 14.6 Å². The van der Waals surface area contributed by atoms with Crippen molar-refractivity contribution in [2.24, 2.45) is 0 Å². The predicted molar refractivity (Wildman–Crippen MR) is 83.1 cm³/mol. The molecule has 1 aromatic heterocycles. The Morgan fingerprint density at radius 3 is 2.86 bits per heavy atom. The van der Waals surface area contributed by atoms with Crippen LogP contribution in [-0.4, -0.2) is 16.1 Å². The van der Waals surface area contributed by atoms with Gasteiger partial charge >= 0.3 is 5.97 Å². The van der Waals surface area contributed by atoms with Gasteiger partial charge in [0.1, 0.15) is 17.4 Å². The molecule has 0 saturated heterocycles. The van der Waals surface area contributed by atoms with E-state index in [1.165, 1.54) is 16.9 Å². The molecule has 0 atom stereocenters. The van der Waals surface area contributed by atoms with Crippen LogP contribution >= 0.6 is 11.3 Å². The second-order valence-corrected chi connectivity index (χ2v) is 6.48. The zero-order valence-electron chi connectivity index (χ0n) is 12.4. The number of benzene rings is 1. The van der Waals surface area contributed by atoms with Crippen LogP contribution in [-0.2, 0) is 17.8 Å². The normalized spacial score (nSPS) is 10.9. The maximum absolute atomic E-state index is 10.7. The van der Waals surface area contributed by atoms with E-state index in [9.17, 15) is 4.79 Å². The molecule has 5 heteroatoms. The van der Waals surface area contributed by atoms with Crippen LogP contribution in [0.4, 0.5) is 0 Å². The van der Waals surface area contributed by atoms with Gasteiger partial charge in [-0.2, -0.15) is 0 Å². The zero-order chi connectivity index (χ0) is 15.4. The van der Waals surface area contributed by atoms with E-state index < -0.39 is 5.97 Å². The smallest absolute Gasteiger partial charge is 0.308 e. The van der Waals surface area contributed by atoms with Crippen molar-refractivity contribution in [2.45, 2.75) is 39.7 Å². The second kappa shape index (κ2) is 6.72. The molecule has 4 nitrogen and oxygen atoms in total. The van der Waals surface area contributed by atoms with Gasteiger partial charge in [0.15, 0.2) is 0 Å². The fraction of sp³-hybridized carbons (Fsp3) is 0.375. The first-order valence-electron chi connectivity index (χ1n) is 6.84. The summed E-state index contributed by atoms with van der Waals surface area (Å²) in [5, 5.41) is 9.55. The molecule has 0 bridgehead atoms. The lowest BCUT2D eigenvalue weighted by Crippen LogP contribution is -2.00. The number of carbonyl (C=O) groups is 1. The minimum absolute atomic E-state index is 0.0132. The van der Waals surface area contributed by atoms with Crippen LogP contribution in [0.25, 0.3) is 0 Å². The Bertz CT molecular complexity index is 634. The average molecular weight is 305 g/mol. The lowest BCUT2D eigenvalue weighted by Gasteiger charge is -2.14. The third-order valence-corrected chi connectivity index (χ3v) is 4.04. The van der Waals surface area contributed by atoms with Crippen molar-refractivity contribution in [3.63, 3.8) is 0 Å². The Hall–Kier alpha value is -1.88. The van der Waals surface area contributed by atoms with E-state index in [1.54, 1.807) is 6.20 Å². The Morgan fingerprint density at radius 1 is 1.43 bits per heavy atom. The Kier molecular flexibility index (Phi) is 4.96. The molecule has 2 aromatic rings. The Morgan fingerprint density at radius 2 is 2.19 bits per heavy atom. The van der Waals surface area contributed by atoms with E-state index in [0.29, 0.717) is 12.5 Å². The Labute approximate surface area is 128 Å². The van der Waals surface area contributed by atoms with Crippen LogP contribution in [0.5, 0.6) is 5.75 Å². The highest BCUT2D eigenvalue weighted by Gasteiger charge is 2.10. The summed E-state index contributed by atoms with van der Waals surface area (Å²) in [6.45, 7) is 6.66. The first-order chi connectivity index (χ1) is 9.95. The molecule has 1 aromatic carbocycles. The van der Waals surface area contributed by atoms with Gasteiger partial charge in [-0.05, 0) is 30.0 Å². The maximum Gasteiger partial charge on any atom is 0.308 e. The first kappa shape index (κ1) is 15.5. The van der Waals surface area contributed by atoms with Crippen molar-refractivity contribution >= 4 is 17.3 Å². The van der Waals surface area contributed by atoms with Crippen LogP contribution in [0, 0.1) is 6.92 Å². The zero-order valence-corrected chi connectivity index (χ0v) is 13.2. The van der Waals surface area contributed by atoms with Gasteiger partial charge in [-0.1, -0.05) is 26.0 Å². The third kappa shape index (κ3) is 4.29. The molecular formula is C16H19NO3S. The van der Waals surface area contributed by atoms with Crippen molar-refractivity contribution in [3.05, 3.63) is 45.4 Å². The summed E-state index contributed by atoms with van der Waals surface area (Å²) in [5.74, 6) is 0.423. The van der Waals surface area contributed by atoms with Crippen LogP contribution in [0.2, 0.25) is 0 Å². The van der Waals surface area contributed by atoms with Gasteiger partial charge < -0.3 is 9.84 Å². The second-order valence-electron chi connectivity index (χ2n) is 5.28. The number of rotatable bonds is 6. The number of hydrogen-bond acceptors (Lipinski definition) is 4. The highest BCUT2D eigenvalue weighted by Crippen LogP contribution is 2.28. The monoisotopic (exact) mass is 305 g/mol. The molecule has 0 aliphatic heterocycles. The quantitative estimate of drug-likeness (QED) is 0.882. The summed E-state index contributed by atoms with van der Waals surface area (Å²) in [6, 6.07) is 6.20. The van der Waals surface area contributed by atoms with Gasteiger partial charge in [-0.3, -0.25) is 4.79 Å². The summed E-state index contributed by atoms with van der Waals surface area (Å²) >= 11 is 1.38.